The van der Waals surface area contributed by atoms with Crippen molar-refractivity contribution in [3.05, 3.63) is 35.3 Å². The fraction of sp³-hybridized carbons (Fsp3) is 0.273. The summed E-state index contributed by atoms with van der Waals surface area (Å²) in [6.07, 6.45) is 0.801. The van der Waals surface area contributed by atoms with E-state index in [1.807, 2.05) is 6.07 Å². The Hall–Kier alpha value is -1.35. The van der Waals surface area contributed by atoms with Gasteiger partial charge in [0.2, 0.25) is 0 Å². The molecule has 0 spiro atoms. The molecule has 0 radical (unpaired) electrons. The maximum Gasteiger partial charge on any atom is 0.128 e. The number of hydrogen-bond acceptors (Lipinski definition) is 1. The number of fused-ring (bicyclic) bond motifs is 1. The zero-order chi connectivity index (χ0) is 10.1. The van der Waals surface area contributed by atoms with Gasteiger partial charge in [0.25, 0.3) is 0 Å². The minimum absolute atomic E-state index is 0.168. The summed E-state index contributed by atoms with van der Waals surface area (Å²) in [5.41, 5.74) is 8.08. The second kappa shape index (κ2) is 3.42. The molecule has 0 aliphatic rings. The molecule has 1 aromatic heterocycles. The molecule has 3 N–H and O–H groups in total. The van der Waals surface area contributed by atoms with E-state index >= 15 is 0 Å². The van der Waals surface area contributed by atoms with Crippen LogP contribution in [0.5, 0.6) is 0 Å². The Kier molecular flexibility index (Phi) is 2.25. The predicted molar refractivity (Wildman–Crippen MR) is 55.8 cm³/mol. The molecule has 0 saturated carbocycles. The number of aromatic nitrogens is 1. The van der Waals surface area contributed by atoms with Crippen LogP contribution in [0.25, 0.3) is 10.9 Å². The van der Waals surface area contributed by atoms with Gasteiger partial charge in [-0.05, 0) is 38.1 Å². The summed E-state index contributed by atoms with van der Waals surface area (Å²) in [6.45, 7) is 2.38. The van der Waals surface area contributed by atoms with Crippen LogP contribution in [-0.2, 0) is 6.42 Å². The first-order chi connectivity index (χ1) is 6.72. The molecule has 0 aliphatic carbocycles. The van der Waals surface area contributed by atoms with Gasteiger partial charge in [0.1, 0.15) is 5.82 Å². The van der Waals surface area contributed by atoms with Crippen LogP contribution in [0.3, 0.4) is 0 Å². The Labute approximate surface area is 81.9 Å². The van der Waals surface area contributed by atoms with Crippen LogP contribution in [0.2, 0.25) is 0 Å². The highest BCUT2D eigenvalue weighted by Crippen LogP contribution is 2.21. The van der Waals surface area contributed by atoms with E-state index in [9.17, 15) is 4.39 Å². The molecule has 3 heteroatoms. The van der Waals surface area contributed by atoms with Crippen molar-refractivity contribution < 1.29 is 4.39 Å². The van der Waals surface area contributed by atoms with Gasteiger partial charge < -0.3 is 10.7 Å². The van der Waals surface area contributed by atoms with Crippen molar-refractivity contribution in [1.82, 2.24) is 4.98 Å². The molecule has 2 nitrogen and oxygen atoms in total. The lowest BCUT2D eigenvalue weighted by Crippen LogP contribution is -2.02. The zero-order valence-electron chi connectivity index (χ0n) is 8.10. The van der Waals surface area contributed by atoms with E-state index in [-0.39, 0.29) is 5.82 Å². The molecule has 0 amide bonds. The van der Waals surface area contributed by atoms with Crippen LogP contribution < -0.4 is 5.73 Å². The van der Waals surface area contributed by atoms with Crippen molar-refractivity contribution in [2.45, 2.75) is 13.3 Å². The van der Waals surface area contributed by atoms with Gasteiger partial charge in [-0.1, -0.05) is 0 Å². The molecular formula is C11H13FN2. The Morgan fingerprint density at radius 3 is 2.93 bits per heavy atom. The van der Waals surface area contributed by atoms with Crippen LogP contribution in [0.4, 0.5) is 4.39 Å². The number of hydrogen-bond donors (Lipinski definition) is 2. The standard InChI is InChI=1S/C11H13FN2/c1-7-10(12)3-2-8-6-9(4-5-13)14-11(7)8/h2-3,6,14H,4-5,13H2,1H3. The van der Waals surface area contributed by atoms with Gasteiger partial charge in [-0.3, -0.25) is 0 Å². The van der Waals surface area contributed by atoms with Crippen molar-refractivity contribution in [2.75, 3.05) is 6.54 Å². The maximum absolute atomic E-state index is 13.2. The summed E-state index contributed by atoms with van der Waals surface area (Å²) in [5.74, 6) is -0.168. The van der Waals surface area contributed by atoms with Gasteiger partial charge in [-0.2, -0.15) is 0 Å². The average molecular weight is 192 g/mol. The number of aromatic amines is 1. The molecule has 2 aromatic rings. The van der Waals surface area contributed by atoms with Gasteiger partial charge in [-0.25, -0.2) is 4.39 Å². The van der Waals surface area contributed by atoms with E-state index in [1.165, 1.54) is 6.07 Å². The van der Waals surface area contributed by atoms with E-state index in [1.54, 1.807) is 13.0 Å². The summed E-state index contributed by atoms with van der Waals surface area (Å²) in [7, 11) is 0. The third-order valence-electron chi connectivity index (χ3n) is 2.46. The molecule has 0 unspecified atom stereocenters. The number of H-pyrrole nitrogens is 1. The van der Waals surface area contributed by atoms with Crippen molar-refractivity contribution in [1.29, 1.82) is 0 Å². The zero-order valence-corrected chi connectivity index (χ0v) is 8.10. The lowest BCUT2D eigenvalue weighted by atomic mass is 10.1. The van der Waals surface area contributed by atoms with Crippen molar-refractivity contribution in [2.24, 2.45) is 5.73 Å². The summed E-state index contributed by atoms with van der Waals surface area (Å²) < 4.78 is 13.2. The SMILES string of the molecule is Cc1c(F)ccc2cc(CCN)[nH]c12. The second-order valence-electron chi connectivity index (χ2n) is 3.47. The van der Waals surface area contributed by atoms with Crippen LogP contribution in [0, 0.1) is 12.7 Å². The molecule has 1 heterocycles. The number of benzene rings is 1. The van der Waals surface area contributed by atoms with Crippen LogP contribution >= 0.6 is 0 Å². The van der Waals surface area contributed by atoms with E-state index in [0.717, 1.165) is 23.0 Å². The molecule has 0 bridgehead atoms. The molecule has 0 fully saturated rings. The third-order valence-corrected chi connectivity index (χ3v) is 2.46. The minimum atomic E-state index is -0.168. The fourth-order valence-corrected chi connectivity index (χ4v) is 1.67. The summed E-state index contributed by atoms with van der Waals surface area (Å²) in [4.78, 5) is 3.19. The quantitative estimate of drug-likeness (QED) is 0.751. The third kappa shape index (κ3) is 1.40. The summed E-state index contributed by atoms with van der Waals surface area (Å²) in [6, 6.07) is 5.31. The van der Waals surface area contributed by atoms with Crippen LogP contribution in [0.1, 0.15) is 11.3 Å². The van der Waals surface area contributed by atoms with Crippen molar-refractivity contribution >= 4 is 10.9 Å². The van der Waals surface area contributed by atoms with Gasteiger partial charge in [0.05, 0.1) is 5.52 Å². The van der Waals surface area contributed by atoms with E-state index in [4.69, 9.17) is 5.73 Å². The number of nitrogens with two attached hydrogens (primary N) is 1. The molecule has 0 atom stereocenters. The highest BCUT2D eigenvalue weighted by Gasteiger charge is 2.05. The first kappa shape index (κ1) is 9.21. The number of nitrogens with one attached hydrogen (secondary N) is 1. The van der Waals surface area contributed by atoms with Crippen LogP contribution in [0.15, 0.2) is 18.2 Å². The second-order valence-corrected chi connectivity index (χ2v) is 3.47. The van der Waals surface area contributed by atoms with Gasteiger partial charge >= 0.3 is 0 Å². The molecule has 0 saturated heterocycles. The molecule has 74 valence electrons. The summed E-state index contributed by atoms with van der Waals surface area (Å²) >= 11 is 0. The topological polar surface area (TPSA) is 41.8 Å². The molecular weight excluding hydrogens is 179 g/mol. The van der Waals surface area contributed by atoms with Crippen molar-refractivity contribution in [3.63, 3.8) is 0 Å². The normalized spacial score (nSPS) is 11.1. The lowest BCUT2D eigenvalue weighted by Gasteiger charge is -1.97. The van der Waals surface area contributed by atoms with Crippen molar-refractivity contribution in [3.8, 4) is 0 Å². The number of halogens is 1. The van der Waals surface area contributed by atoms with E-state index < -0.39 is 0 Å². The molecule has 0 aliphatic heterocycles. The van der Waals surface area contributed by atoms with Gasteiger partial charge in [0.15, 0.2) is 0 Å². The van der Waals surface area contributed by atoms with Gasteiger partial charge in [0, 0.05) is 16.6 Å². The fourth-order valence-electron chi connectivity index (χ4n) is 1.67. The molecule has 2 rings (SSSR count). The van der Waals surface area contributed by atoms with Crippen LogP contribution in [-0.4, -0.2) is 11.5 Å². The highest BCUT2D eigenvalue weighted by molar-refractivity contribution is 5.83. The smallest absolute Gasteiger partial charge is 0.128 e. The lowest BCUT2D eigenvalue weighted by molar-refractivity contribution is 0.620. The number of aryl methyl sites for hydroxylation is 1. The first-order valence-corrected chi connectivity index (χ1v) is 4.69. The molecule has 14 heavy (non-hydrogen) atoms. The Balaban J connectivity index is 2.59. The van der Waals surface area contributed by atoms with E-state index in [2.05, 4.69) is 4.98 Å². The Morgan fingerprint density at radius 1 is 1.43 bits per heavy atom. The average Bonchev–Trinajstić information content (AvgIpc) is 2.56. The monoisotopic (exact) mass is 192 g/mol. The largest absolute Gasteiger partial charge is 0.358 e. The highest BCUT2D eigenvalue weighted by atomic mass is 19.1. The van der Waals surface area contributed by atoms with E-state index in [0.29, 0.717) is 12.1 Å². The Bertz CT molecular complexity index is 460. The maximum atomic E-state index is 13.2. The number of rotatable bonds is 2. The van der Waals surface area contributed by atoms with Gasteiger partial charge in [-0.15, -0.1) is 0 Å². The minimum Gasteiger partial charge on any atom is -0.358 e. The predicted octanol–water partition coefficient (Wildman–Crippen LogP) is 2.12. The summed E-state index contributed by atoms with van der Waals surface area (Å²) in [5, 5.41) is 1.05. The Morgan fingerprint density at radius 2 is 2.21 bits per heavy atom. The first-order valence-electron chi connectivity index (χ1n) is 4.69. The molecule has 1 aromatic carbocycles.